The van der Waals surface area contributed by atoms with Gasteiger partial charge in [-0.05, 0) is 0 Å². The molecule has 3 nitrogen and oxygen atoms in total. The van der Waals surface area contributed by atoms with E-state index in [-0.39, 0.29) is 0 Å². The maximum Gasteiger partial charge on any atom is 0.242 e. The zero-order chi connectivity index (χ0) is 4.99. The molecule has 4 heteroatoms. The van der Waals surface area contributed by atoms with E-state index < -0.39 is 10.3 Å². The summed E-state index contributed by atoms with van der Waals surface area (Å²) in [5.74, 6) is 0. The molecule has 0 aliphatic heterocycles. The fraction of sp³-hybridized carbons (Fsp3) is 0. The Kier molecular flexibility index (Phi) is 2.31. The summed E-state index contributed by atoms with van der Waals surface area (Å²) < 4.78 is 18.6. The average Bonchev–Trinajstić information content (AvgIpc) is 1.35. The van der Waals surface area contributed by atoms with Crippen LogP contribution in [0.25, 0.3) is 0 Å². The van der Waals surface area contributed by atoms with Crippen molar-refractivity contribution in [1.82, 2.24) is 0 Å². The second-order valence-corrected chi connectivity index (χ2v) is 1.25. The van der Waals surface area contributed by atoms with Gasteiger partial charge < -0.3 is 0 Å². The predicted molar refractivity (Wildman–Crippen MR) is 20.7 cm³/mol. The van der Waals surface area contributed by atoms with E-state index in [1.165, 1.54) is 0 Å². The third kappa shape index (κ3) is 3.36. The van der Waals surface area contributed by atoms with Crippen LogP contribution >= 0.6 is 0 Å². The van der Waals surface area contributed by atoms with Crippen molar-refractivity contribution in [2.75, 3.05) is 0 Å². The van der Waals surface area contributed by atoms with Gasteiger partial charge in [-0.15, -0.1) is 0 Å². The van der Waals surface area contributed by atoms with Gasteiger partial charge in [0, 0.05) is 0 Å². The van der Waals surface area contributed by atoms with Gasteiger partial charge in [-0.25, -0.2) is 0 Å². The van der Waals surface area contributed by atoms with Crippen molar-refractivity contribution >= 4 is 21.9 Å². The molecule has 0 aliphatic carbocycles. The van der Waals surface area contributed by atoms with Crippen LogP contribution in [-0.2, 0) is 15.1 Å². The molecule has 0 amide bonds. The Labute approximate surface area is 36.1 Å². The highest BCUT2D eigenvalue weighted by atomic mass is 32.2. The molecule has 1 radical (unpaired) electrons. The Morgan fingerprint density at radius 1 is 1.50 bits per heavy atom. The normalized spacial score (nSPS) is 6.67. The van der Waals surface area contributed by atoms with Gasteiger partial charge in [0.05, 0.1) is 0 Å². The molecule has 0 aromatic heterocycles. The fourth-order valence-electron chi connectivity index (χ4n) is 0.0393. The second kappa shape index (κ2) is 2.59. The van der Waals surface area contributed by atoms with Crippen LogP contribution in [0.3, 0.4) is 0 Å². The van der Waals surface area contributed by atoms with Gasteiger partial charge in [0.2, 0.25) is 16.6 Å². The molecule has 0 bridgehead atoms. The minimum Gasteiger partial charge on any atom is -0.284 e. The summed E-state index contributed by atoms with van der Waals surface area (Å²) in [6, 6.07) is 0. The van der Waals surface area contributed by atoms with E-state index in [1.54, 1.807) is 0 Å². The van der Waals surface area contributed by atoms with Crippen molar-refractivity contribution < 1.29 is 13.2 Å². The van der Waals surface area contributed by atoms with Crippen molar-refractivity contribution in [3.63, 3.8) is 0 Å². The Balaban J connectivity index is 4.17. The maximum atomic E-state index is 9.28. The monoisotopic (exact) mass is 105 g/mol. The Bertz CT molecular complexity index is 144. The summed E-state index contributed by atoms with van der Waals surface area (Å²) in [4.78, 5) is 9.04. The third-order valence-electron chi connectivity index (χ3n) is 0.144. The first-order valence-corrected chi connectivity index (χ1v) is 2.20. The van der Waals surface area contributed by atoms with E-state index in [9.17, 15) is 8.42 Å². The van der Waals surface area contributed by atoms with Gasteiger partial charge in [0.15, 0.2) is 0 Å². The highest BCUT2D eigenvalue weighted by Gasteiger charge is 1.61. The van der Waals surface area contributed by atoms with Crippen LogP contribution in [-0.4, -0.2) is 20.1 Å². The van der Waals surface area contributed by atoms with Crippen LogP contribution in [0.2, 0.25) is 0 Å². The minimum atomic E-state index is -2.36. The molecule has 6 heavy (non-hydrogen) atoms. The molecule has 0 unspecified atom stereocenters. The molecule has 0 heterocycles. The maximum absolute atomic E-state index is 9.28. The van der Waals surface area contributed by atoms with Crippen molar-refractivity contribution in [3.05, 3.63) is 0 Å². The lowest BCUT2D eigenvalue weighted by molar-refractivity contribution is 0.568. The molecule has 0 saturated carbocycles. The fourth-order valence-corrected chi connectivity index (χ4v) is 0.118. The number of hydrogen-bond acceptors (Lipinski definition) is 3. The van der Waals surface area contributed by atoms with Crippen molar-refractivity contribution in [2.45, 2.75) is 0 Å². The zero-order valence-corrected chi connectivity index (χ0v) is 3.53. The van der Waals surface area contributed by atoms with Crippen LogP contribution in [0.4, 0.5) is 0 Å². The van der Waals surface area contributed by atoms with Crippen molar-refractivity contribution in [2.24, 2.45) is 0 Å². The van der Waals surface area contributed by atoms with Crippen LogP contribution in [0.5, 0.6) is 0 Å². The summed E-state index contributed by atoms with van der Waals surface area (Å²) >= 11 is 0. The Hall–Kier alpha value is -0.640. The quantitative estimate of drug-likeness (QED) is 0.392. The van der Waals surface area contributed by atoms with Crippen molar-refractivity contribution in [3.8, 4) is 0 Å². The molecule has 0 N–H and O–H groups in total. The lowest BCUT2D eigenvalue weighted by Gasteiger charge is -1.39. The standard InChI is InChI=1S/C2HO3S/c3-1-2-6(4)5/h2H. The molecule has 0 spiro atoms. The zero-order valence-electron chi connectivity index (χ0n) is 2.71. The number of hydrogen-bond donors (Lipinski definition) is 0. The Morgan fingerprint density at radius 2 is 2.00 bits per heavy atom. The first kappa shape index (κ1) is 5.36. The largest absolute Gasteiger partial charge is 0.284 e. The molecule has 0 fully saturated rings. The molecule has 0 rings (SSSR count). The van der Waals surface area contributed by atoms with Crippen LogP contribution in [0, 0.1) is 0 Å². The SMILES string of the molecule is O=[C]C=S(=O)=O. The van der Waals surface area contributed by atoms with Gasteiger partial charge in [-0.2, -0.15) is 8.42 Å². The smallest absolute Gasteiger partial charge is 0.242 e. The first-order chi connectivity index (χ1) is 2.77. The summed E-state index contributed by atoms with van der Waals surface area (Å²) in [7, 11) is -2.36. The first-order valence-electron chi connectivity index (χ1n) is 1.06. The topological polar surface area (TPSA) is 51.2 Å². The van der Waals surface area contributed by atoms with E-state index in [0.717, 1.165) is 6.29 Å². The van der Waals surface area contributed by atoms with Crippen LogP contribution < -0.4 is 0 Å². The Morgan fingerprint density at radius 3 is 2.00 bits per heavy atom. The lowest BCUT2D eigenvalue weighted by Crippen LogP contribution is -1.70. The minimum absolute atomic E-state index is 0.403. The summed E-state index contributed by atoms with van der Waals surface area (Å²) in [6.45, 7) is 0. The van der Waals surface area contributed by atoms with E-state index in [2.05, 4.69) is 0 Å². The van der Waals surface area contributed by atoms with E-state index in [0.29, 0.717) is 5.37 Å². The van der Waals surface area contributed by atoms with Gasteiger partial charge in [-0.1, -0.05) is 0 Å². The summed E-state index contributed by atoms with van der Waals surface area (Å²) in [5.41, 5.74) is 0. The number of rotatable bonds is 1. The third-order valence-corrected chi connectivity index (χ3v) is 0.433. The lowest BCUT2D eigenvalue weighted by atomic mass is 10.9. The van der Waals surface area contributed by atoms with Gasteiger partial charge in [0.25, 0.3) is 0 Å². The molecular weight excluding hydrogens is 104 g/mol. The molecule has 0 atom stereocenters. The molecule has 0 aromatic carbocycles. The summed E-state index contributed by atoms with van der Waals surface area (Å²) in [5, 5.41) is 0.403. The van der Waals surface area contributed by atoms with E-state index >= 15 is 0 Å². The average molecular weight is 105 g/mol. The highest BCUT2D eigenvalue weighted by molar-refractivity contribution is 7.72. The van der Waals surface area contributed by atoms with E-state index in [1.807, 2.05) is 0 Å². The molecule has 0 saturated heterocycles. The highest BCUT2D eigenvalue weighted by Crippen LogP contribution is 1.29. The van der Waals surface area contributed by atoms with Gasteiger partial charge >= 0.3 is 0 Å². The number of carbonyl (C=O) groups excluding carboxylic acids is 1. The molecular formula is C2HO3S. The summed E-state index contributed by atoms with van der Waals surface area (Å²) in [6.07, 6.45) is 1.08. The second-order valence-electron chi connectivity index (χ2n) is 0.496. The predicted octanol–water partition coefficient (Wildman–Crippen LogP) is -1.22. The molecule has 0 aliphatic rings. The molecule has 0 aromatic rings. The van der Waals surface area contributed by atoms with Gasteiger partial charge in [-0.3, -0.25) is 4.79 Å². The van der Waals surface area contributed by atoms with E-state index in [4.69, 9.17) is 4.79 Å². The van der Waals surface area contributed by atoms with Crippen LogP contribution in [0.1, 0.15) is 0 Å². The van der Waals surface area contributed by atoms with Crippen LogP contribution in [0.15, 0.2) is 0 Å². The molecule has 33 valence electrons. The van der Waals surface area contributed by atoms with Crippen molar-refractivity contribution in [1.29, 1.82) is 0 Å². The van der Waals surface area contributed by atoms with Gasteiger partial charge in [0.1, 0.15) is 5.37 Å².